The average Bonchev–Trinajstić information content (AvgIpc) is 1.38. The second-order valence-electron chi connectivity index (χ2n) is 0.524. The van der Waals surface area contributed by atoms with E-state index in [0.29, 0.717) is 0 Å². The summed E-state index contributed by atoms with van der Waals surface area (Å²) in [5.41, 5.74) is 0. The van der Waals surface area contributed by atoms with Gasteiger partial charge >= 0.3 is 37.7 Å². The van der Waals surface area contributed by atoms with Crippen LogP contribution in [0.15, 0.2) is 0 Å². The summed E-state index contributed by atoms with van der Waals surface area (Å²) in [5.74, 6) is 0. The van der Waals surface area contributed by atoms with Gasteiger partial charge in [0.2, 0.25) is 0 Å². The van der Waals surface area contributed by atoms with Crippen LogP contribution in [-0.4, -0.2) is 14.4 Å². The van der Waals surface area contributed by atoms with Crippen molar-refractivity contribution in [1.29, 1.82) is 0 Å². The van der Waals surface area contributed by atoms with E-state index in [1.54, 1.807) is 0 Å². The summed E-state index contributed by atoms with van der Waals surface area (Å²) in [7, 11) is -1.04. The molecule has 0 saturated heterocycles. The second kappa shape index (κ2) is 10.2. The number of hydrogen-bond donors (Lipinski definition) is 0. The molecule has 0 fully saturated rings. The molecule has 6 heteroatoms. The molecule has 0 aliphatic carbocycles. The Hall–Kier alpha value is 1.14. The Kier molecular flexibility index (Phi) is 22.9. The van der Waals surface area contributed by atoms with Gasteiger partial charge in [0, 0.05) is 7.11 Å². The van der Waals surface area contributed by atoms with Gasteiger partial charge in [-0.15, -0.1) is 0 Å². The van der Waals surface area contributed by atoms with Crippen LogP contribution in [0.5, 0.6) is 0 Å². The van der Waals surface area contributed by atoms with Gasteiger partial charge < -0.3 is 14.7 Å². The summed E-state index contributed by atoms with van der Waals surface area (Å²) in [6.07, 6.45) is 0. The SMILES string of the molecule is COB([O-])[O-].[Li+].[Li+]. The largest absolute Gasteiger partial charge is 1.00 e. The second-order valence-corrected chi connectivity index (χ2v) is 0.524. The van der Waals surface area contributed by atoms with Gasteiger partial charge in [-0.05, 0) is 0 Å². The molecule has 0 atom stereocenters. The Balaban J connectivity index is -0.0000000800. The smallest absolute Gasteiger partial charge is 0.871 e. The van der Waals surface area contributed by atoms with Gasteiger partial charge in [-0.2, -0.15) is 0 Å². The van der Waals surface area contributed by atoms with Crippen LogP contribution in [0.1, 0.15) is 0 Å². The molecule has 0 aromatic rings. The van der Waals surface area contributed by atoms with Gasteiger partial charge in [-0.25, -0.2) is 0 Å². The maximum absolute atomic E-state index is 9.12. The summed E-state index contributed by atoms with van der Waals surface area (Å²) in [6.45, 7) is 0. The number of hydrogen-bond acceptors (Lipinski definition) is 3. The van der Waals surface area contributed by atoms with Crippen molar-refractivity contribution < 1.29 is 52.4 Å². The Bertz CT molecular complexity index is 26.9. The van der Waals surface area contributed by atoms with Crippen molar-refractivity contribution in [2.24, 2.45) is 0 Å². The van der Waals surface area contributed by atoms with Gasteiger partial charge in [0.1, 0.15) is 0 Å². The molecule has 0 aliphatic rings. The Morgan fingerprint density at radius 3 is 1.43 bits per heavy atom. The predicted octanol–water partition coefficient (Wildman–Crippen LogP) is -8.65. The van der Waals surface area contributed by atoms with E-state index >= 15 is 0 Å². The van der Waals surface area contributed by atoms with Crippen LogP contribution < -0.4 is 47.8 Å². The van der Waals surface area contributed by atoms with E-state index < -0.39 is 7.32 Å². The monoisotopic (exact) mass is 88.0 g/mol. The molecule has 0 N–H and O–H groups in total. The maximum Gasteiger partial charge on any atom is 1.00 e. The van der Waals surface area contributed by atoms with Gasteiger partial charge in [0.05, 0.1) is 7.32 Å². The molecule has 0 aromatic carbocycles. The average molecular weight is 87.7 g/mol. The van der Waals surface area contributed by atoms with E-state index in [4.69, 9.17) is 10.0 Å². The molecule has 0 aliphatic heterocycles. The molecule has 0 spiro atoms. The van der Waals surface area contributed by atoms with Crippen LogP contribution in [0.2, 0.25) is 0 Å². The van der Waals surface area contributed by atoms with E-state index in [1.807, 2.05) is 0 Å². The van der Waals surface area contributed by atoms with Crippen molar-refractivity contribution in [3.8, 4) is 0 Å². The fourth-order valence-corrected chi connectivity index (χ4v) is 0. The first-order valence-electron chi connectivity index (χ1n) is 1.12. The van der Waals surface area contributed by atoms with Crippen LogP contribution in [-0.2, 0) is 4.65 Å². The molecule has 0 saturated carbocycles. The predicted molar refractivity (Wildman–Crippen MR) is 12.8 cm³/mol. The van der Waals surface area contributed by atoms with Crippen molar-refractivity contribution >= 4 is 7.32 Å². The van der Waals surface area contributed by atoms with Gasteiger partial charge in [0.15, 0.2) is 0 Å². The molecular weight excluding hydrogens is 84.7 g/mol. The van der Waals surface area contributed by atoms with Crippen molar-refractivity contribution in [3.63, 3.8) is 0 Å². The van der Waals surface area contributed by atoms with E-state index in [9.17, 15) is 0 Å². The van der Waals surface area contributed by atoms with Crippen LogP contribution in [0.25, 0.3) is 0 Å². The summed E-state index contributed by atoms with van der Waals surface area (Å²) < 4.78 is 3.64. The third-order valence-corrected chi connectivity index (χ3v) is 0.192. The molecule has 0 aromatic heterocycles. The quantitative estimate of drug-likeness (QED) is 0.299. The zero-order valence-electron chi connectivity index (χ0n) is 4.80. The minimum atomic E-state index is -2.12. The maximum atomic E-state index is 9.12. The van der Waals surface area contributed by atoms with Gasteiger partial charge in [0.25, 0.3) is 0 Å². The van der Waals surface area contributed by atoms with E-state index in [1.165, 1.54) is 0 Å². The zero-order valence-corrected chi connectivity index (χ0v) is 4.80. The molecule has 0 amide bonds. The summed E-state index contributed by atoms with van der Waals surface area (Å²) in [4.78, 5) is 0. The third kappa shape index (κ3) is 19.1. The summed E-state index contributed by atoms with van der Waals surface area (Å²) in [6, 6.07) is 0. The molecule has 0 unspecified atom stereocenters. The van der Waals surface area contributed by atoms with E-state index in [2.05, 4.69) is 4.65 Å². The zero-order chi connectivity index (χ0) is 4.28. The summed E-state index contributed by atoms with van der Waals surface area (Å²) >= 11 is 0. The minimum Gasteiger partial charge on any atom is -0.871 e. The van der Waals surface area contributed by atoms with E-state index in [0.717, 1.165) is 7.11 Å². The van der Waals surface area contributed by atoms with Gasteiger partial charge in [-0.1, -0.05) is 0 Å². The van der Waals surface area contributed by atoms with Crippen molar-refractivity contribution in [2.75, 3.05) is 7.11 Å². The topological polar surface area (TPSA) is 55.3 Å². The molecule has 30 valence electrons. The normalized spacial score (nSPS) is 5.57. The first kappa shape index (κ1) is 15.7. The standard InChI is InChI=1S/CH3BO3.2Li/c1-5-2(3)4;;/h1H3;;/q-2;2*+1. The molecule has 0 radical (unpaired) electrons. The van der Waals surface area contributed by atoms with Crippen LogP contribution >= 0.6 is 0 Å². The fourth-order valence-electron chi connectivity index (χ4n) is 0. The van der Waals surface area contributed by atoms with Gasteiger partial charge in [-0.3, -0.25) is 0 Å². The molecule has 0 rings (SSSR count). The molecule has 7 heavy (non-hydrogen) atoms. The fraction of sp³-hybridized carbons (Fsp3) is 1.00. The van der Waals surface area contributed by atoms with Crippen LogP contribution in [0, 0.1) is 0 Å². The summed E-state index contributed by atoms with van der Waals surface area (Å²) in [5, 5.41) is 18.2. The van der Waals surface area contributed by atoms with Crippen LogP contribution in [0.4, 0.5) is 0 Å². The van der Waals surface area contributed by atoms with E-state index in [-0.39, 0.29) is 37.7 Å². The first-order valence-corrected chi connectivity index (χ1v) is 1.12. The molecule has 0 bridgehead atoms. The Labute approximate surface area is 67.0 Å². The Morgan fingerprint density at radius 2 is 1.43 bits per heavy atom. The van der Waals surface area contributed by atoms with Crippen molar-refractivity contribution in [3.05, 3.63) is 0 Å². The van der Waals surface area contributed by atoms with Crippen LogP contribution in [0.3, 0.4) is 0 Å². The van der Waals surface area contributed by atoms with Crippen molar-refractivity contribution in [2.45, 2.75) is 0 Å². The third-order valence-electron chi connectivity index (χ3n) is 0.192. The number of rotatable bonds is 1. The minimum absolute atomic E-state index is 0. The van der Waals surface area contributed by atoms with Crippen molar-refractivity contribution in [1.82, 2.24) is 0 Å². The molecule has 0 heterocycles. The molecule has 3 nitrogen and oxygen atoms in total. The first-order chi connectivity index (χ1) is 2.27. The Morgan fingerprint density at radius 1 is 1.29 bits per heavy atom. The molecular formula is CH3BLi2O3.